The molecule has 0 saturated carbocycles. The van der Waals surface area contributed by atoms with Gasteiger partial charge >= 0.3 is 0 Å². The lowest BCUT2D eigenvalue weighted by Gasteiger charge is -2.17. The summed E-state index contributed by atoms with van der Waals surface area (Å²) in [4.78, 5) is 34.2. The van der Waals surface area contributed by atoms with Gasteiger partial charge in [0.1, 0.15) is 12.4 Å². The largest absolute Gasteiger partial charge is 0.475 e. The molecule has 1 aliphatic heterocycles. The average molecular weight is 548 g/mol. The van der Waals surface area contributed by atoms with E-state index in [2.05, 4.69) is 26.7 Å². The van der Waals surface area contributed by atoms with Crippen LogP contribution in [-0.4, -0.2) is 40.1 Å². The number of aryl methyl sites for hydroxylation is 1. The third-order valence-electron chi connectivity index (χ3n) is 7.00. The first-order valence-electron chi connectivity index (χ1n) is 13.2. The van der Waals surface area contributed by atoms with Gasteiger partial charge in [-0.15, -0.1) is 0 Å². The number of carbonyl (C=O) groups excluding carboxylic acids is 2. The van der Waals surface area contributed by atoms with Crippen LogP contribution in [0.1, 0.15) is 40.9 Å². The van der Waals surface area contributed by atoms with Crippen LogP contribution in [0.2, 0.25) is 0 Å². The van der Waals surface area contributed by atoms with Crippen molar-refractivity contribution in [2.45, 2.75) is 32.6 Å². The Balaban J connectivity index is 1.51. The number of aliphatic hydroxyl groups excluding tert-OH is 1. The number of nitrogens with zero attached hydrogens (tertiary/aromatic N) is 3. The van der Waals surface area contributed by atoms with E-state index < -0.39 is 5.41 Å². The summed E-state index contributed by atoms with van der Waals surface area (Å²) in [5.41, 5.74) is 5.79. The fraction of sp³-hybridized carbons (Fsp3) is 0.219. The summed E-state index contributed by atoms with van der Waals surface area (Å²) in [6.45, 7) is 5.49. The molecule has 2 aromatic heterocycles. The van der Waals surface area contributed by atoms with E-state index in [1.807, 2.05) is 57.2 Å². The standard InChI is InChI=1S/C32H29N5O4/c1-19-7-8-23(35-31(40)20-5-4-6-22(13-20)32(2,3)18-33)16-25(19)21-14-27(36-29(15-21)41-12-11-38)24-9-10-34-30-26(24)17-28(39)37-30/h4-10,13-16,38H,11-12,17H2,1-3H3,(H,35,40)(H,34,37,39). The lowest BCUT2D eigenvalue weighted by atomic mass is 9.85. The minimum absolute atomic E-state index is 0.0706. The molecule has 9 nitrogen and oxygen atoms in total. The predicted molar refractivity (Wildman–Crippen MR) is 156 cm³/mol. The van der Waals surface area contributed by atoms with Crippen molar-refractivity contribution in [2.24, 2.45) is 0 Å². The highest BCUT2D eigenvalue weighted by molar-refractivity contribution is 6.05. The van der Waals surface area contributed by atoms with E-state index in [0.29, 0.717) is 28.6 Å². The van der Waals surface area contributed by atoms with Gasteiger partial charge in [0, 0.05) is 34.6 Å². The maximum absolute atomic E-state index is 13.2. The van der Waals surface area contributed by atoms with Crippen molar-refractivity contribution in [1.29, 1.82) is 5.26 Å². The Kier molecular flexibility index (Phi) is 7.51. The molecule has 3 heterocycles. The molecular weight excluding hydrogens is 518 g/mol. The minimum atomic E-state index is -0.722. The van der Waals surface area contributed by atoms with Gasteiger partial charge in [0.25, 0.3) is 5.91 Å². The summed E-state index contributed by atoms with van der Waals surface area (Å²) in [5.74, 6) is 0.414. The zero-order valence-corrected chi connectivity index (χ0v) is 23.0. The van der Waals surface area contributed by atoms with Crippen molar-refractivity contribution in [2.75, 3.05) is 23.8 Å². The van der Waals surface area contributed by atoms with Crippen LogP contribution in [0.25, 0.3) is 22.4 Å². The number of ether oxygens (including phenoxy) is 1. The minimum Gasteiger partial charge on any atom is -0.475 e. The van der Waals surface area contributed by atoms with Crippen LogP contribution in [0.5, 0.6) is 5.88 Å². The molecule has 0 saturated heterocycles. The maximum Gasteiger partial charge on any atom is 0.255 e. The van der Waals surface area contributed by atoms with Crippen LogP contribution >= 0.6 is 0 Å². The van der Waals surface area contributed by atoms with E-state index in [-0.39, 0.29) is 31.4 Å². The lowest BCUT2D eigenvalue weighted by molar-refractivity contribution is -0.115. The Morgan fingerprint density at radius 3 is 2.76 bits per heavy atom. The van der Waals surface area contributed by atoms with Gasteiger partial charge in [-0.3, -0.25) is 9.59 Å². The number of hydrogen-bond donors (Lipinski definition) is 3. The summed E-state index contributed by atoms with van der Waals surface area (Å²) >= 11 is 0. The Labute approximate surface area is 237 Å². The molecule has 2 amide bonds. The molecule has 41 heavy (non-hydrogen) atoms. The SMILES string of the molecule is Cc1ccc(NC(=O)c2cccc(C(C)(C)C#N)c2)cc1-c1cc(OCCO)nc(-c2ccnc3c2CC(=O)N3)c1. The number of hydrogen-bond acceptors (Lipinski definition) is 7. The number of nitriles is 1. The van der Waals surface area contributed by atoms with Crippen LogP contribution in [0.4, 0.5) is 11.5 Å². The van der Waals surface area contributed by atoms with E-state index in [9.17, 15) is 20.0 Å². The normalized spacial score (nSPS) is 12.3. The van der Waals surface area contributed by atoms with Gasteiger partial charge in [0.15, 0.2) is 0 Å². The van der Waals surface area contributed by atoms with Crippen molar-refractivity contribution in [3.63, 3.8) is 0 Å². The molecule has 2 aromatic carbocycles. The Bertz CT molecular complexity index is 1710. The van der Waals surface area contributed by atoms with Crippen molar-refractivity contribution in [3.8, 4) is 34.3 Å². The van der Waals surface area contributed by atoms with E-state index in [0.717, 1.165) is 33.4 Å². The van der Waals surface area contributed by atoms with Crippen LogP contribution < -0.4 is 15.4 Å². The molecule has 1 aliphatic rings. The maximum atomic E-state index is 13.2. The highest BCUT2D eigenvalue weighted by Gasteiger charge is 2.24. The molecule has 0 aliphatic carbocycles. The van der Waals surface area contributed by atoms with Gasteiger partial charge in [-0.25, -0.2) is 9.97 Å². The number of pyridine rings is 2. The number of rotatable bonds is 8. The zero-order chi connectivity index (χ0) is 29.1. The third kappa shape index (κ3) is 5.78. The molecule has 0 bridgehead atoms. The summed E-state index contributed by atoms with van der Waals surface area (Å²) in [6, 6.07) is 20.5. The molecule has 5 rings (SSSR count). The van der Waals surface area contributed by atoms with Gasteiger partial charge in [-0.2, -0.15) is 5.26 Å². The first-order valence-corrected chi connectivity index (χ1v) is 13.2. The number of aromatic nitrogens is 2. The Morgan fingerprint density at radius 1 is 1.15 bits per heavy atom. The van der Waals surface area contributed by atoms with E-state index in [1.165, 1.54) is 0 Å². The second-order valence-corrected chi connectivity index (χ2v) is 10.4. The first kappa shape index (κ1) is 27.5. The Morgan fingerprint density at radius 2 is 1.98 bits per heavy atom. The molecule has 4 aromatic rings. The molecular formula is C32H29N5O4. The smallest absolute Gasteiger partial charge is 0.255 e. The fourth-order valence-electron chi connectivity index (χ4n) is 4.71. The predicted octanol–water partition coefficient (Wildman–Crippen LogP) is 5.04. The summed E-state index contributed by atoms with van der Waals surface area (Å²) < 4.78 is 5.71. The van der Waals surface area contributed by atoms with Crippen molar-refractivity contribution < 1.29 is 19.4 Å². The lowest BCUT2D eigenvalue weighted by Crippen LogP contribution is -2.17. The number of anilines is 2. The monoisotopic (exact) mass is 547 g/mol. The number of amides is 2. The average Bonchev–Trinajstić information content (AvgIpc) is 3.37. The second-order valence-electron chi connectivity index (χ2n) is 10.4. The summed E-state index contributed by atoms with van der Waals surface area (Å²) in [5, 5.41) is 24.6. The fourth-order valence-corrected chi connectivity index (χ4v) is 4.71. The number of carbonyl (C=O) groups is 2. The van der Waals surface area contributed by atoms with Gasteiger partial charge in [-0.05, 0) is 79.4 Å². The number of fused-ring (bicyclic) bond motifs is 1. The topological polar surface area (TPSA) is 137 Å². The zero-order valence-electron chi connectivity index (χ0n) is 23.0. The number of nitrogens with one attached hydrogen (secondary N) is 2. The molecule has 3 N–H and O–H groups in total. The van der Waals surface area contributed by atoms with Crippen LogP contribution in [0, 0.1) is 18.3 Å². The van der Waals surface area contributed by atoms with Gasteiger partial charge in [-0.1, -0.05) is 18.2 Å². The van der Waals surface area contributed by atoms with Gasteiger partial charge in [0.05, 0.1) is 30.2 Å². The first-order chi connectivity index (χ1) is 19.7. The molecule has 0 radical (unpaired) electrons. The third-order valence-corrected chi connectivity index (χ3v) is 7.00. The molecule has 0 spiro atoms. The summed E-state index contributed by atoms with van der Waals surface area (Å²) in [6.07, 6.45) is 1.82. The summed E-state index contributed by atoms with van der Waals surface area (Å²) in [7, 11) is 0. The van der Waals surface area contributed by atoms with Crippen LogP contribution in [-0.2, 0) is 16.6 Å². The van der Waals surface area contributed by atoms with Crippen LogP contribution in [0.3, 0.4) is 0 Å². The quantitative estimate of drug-likeness (QED) is 0.281. The highest BCUT2D eigenvalue weighted by atomic mass is 16.5. The van der Waals surface area contributed by atoms with Crippen LogP contribution in [0.15, 0.2) is 66.9 Å². The van der Waals surface area contributed by atoms with Crippen molar-refractivity contribution in [3.05, 3.63) is 89.1 Å². The molecule has 9 heteroatoms. The van der Waals surface area contributed by atoms with E-state index >= 15 is 0 Å². The Hall–Kier alpha value is -5.07. The van der Waals surface area contributed by atoms with Crippen molar-refractivity contribution >= 4 is 23.3 Å². The molecule has 0 unspecified atom stereocenters. The van der Waals surface area contributed by atoms with Gasteiger partial charge in [0.2, 0.25) is 11.8 Å². The molecule has 0 atom stereocenters. The second kappa shape index (κ2) is 11.2. The molecule has 206 valence electrons. The van der Waals surface area contributed by atoms with Gasteiger partial charge < -0.3 is 20.5 Å². The number of aliphatic hydroxyl groups is 1. The highest BCUT2D eigenvalue weighted by Crippen LogP contribution is 2.36. The van der Waals surface area contributed by atoms with E-state index in [4.69, 9.17) is 4.74 Å². The number of benzene rings is 2. The van der Waals surface area contributed by atoms with E-state index in [1.54, 1.807) is 30.5 Å². The van der Waals surface area contributed by atoms with Crippen molar-refractivity contribution in [1.82, 2.24) is 9.97 Å². The molecule has 0 fully saturated rings.